The van der Waals surface area contributed by atoms with Crippen molar-refractivity contribution in [2.75, 3.05) is 11.9 Å². The number of amides is 2. The molecule has 2 heterocycles. The standard InChI is InChI=1S/C23H21N3O4/c1-14-2-6-18(7-3-14)25-23(29)21(16-4-8-19-15(12-16)10-11-30-19)26-22(28)17-5-9-20(27)24-13-17/h2-9,12-13,21H,10-11H2,1H3,(H,24,27)(H,25,29)(H,26,28). The Morgan fingerprint density at radius 2 is 1.87 bits per heavy atom. The van der Waals surface area contributed by atoms with Gasteiger partial charge in [0.2, 0.25) is 5.56 Å². The lowest BCUT2D eigenvalue weighted by molar-refractivity contribution is -0.118. The van der Waals surface area contributed by atoms with E-state index < -0.39 is 11.9 Å². The van der Waals surface area contributed by atoms with Gasteiger partial charge >= 0.3 is 0 Å². The van der Waals surface area contributed by atoms with Crippen molar-refractivity contribution >= 4 is 17.5 Å². The molecule has 0 radical (unpaired) electrons. The lowest BCUT2D eigenvalue weighted by atomic mass is 10.0. The number of H-pyrrole nitrogens is 1. The molecular formula is C23H21N3O4. The van der Waals surface area contributed by atoms with Crippen LogP contribution in [0, 0.1) is 6.92 Å². The number of hydrogen-bond acceptors (Lipinski definition) is 4. The van der Waals surface area contributed by atoms with Gasteiger partial charge in [-0.2, -0.15) is 0 Å². The number of pyridine rings is 1. The number of hydrogen-bond donors (Lipinski definition) is 3. The predicted octanol–water partition coefficient (Wildman–Crippen LogP) is 2.73. The molecule has 2 aromatic carbocycles. The van der Waals surface area contributed by atoms with Gasteiger partial charge in [-0.1, -0.05) is 23.8 Å². The summed E-state index contributed by atoms with van der Waals surface area (Å²) in [5, 5.41) is 5.64. The minimum Gasteiger partial charge on any atom is -0.493 e. The van der Waals surface area contributed by atoms with E-state index in [1.54, 1.807) is 6.07 Å². The third kappa shape index (κ3) is 4.25. The first-order valence-electron chi connectivity index (χ1n) is 9.62. The van der Waals surface area contributed by atoms with E-state index in [-0.39, 0.29) is 17.0 Å². The number of carbonyl (C=O) groups excluding carboxylic acids is 2. The quantitative estimate of drug-likeness (QED) is 0.610. The van der Waals surface area contributed by atoms with Crippen LogP contribution in [-0.2, 0) is 11.2 Å². The summed E-state index contributed by atoms with van der Waals surface area (Å²) in [5.74, 6) is -0.0362. The maximum Gasteiger partial charge on any atom is 0.253 e. The second kappa shape index (κ2) is 8.24. The summed E-state index contributed by atoms with van der Waals surface area (Å²) < 4.78 is 5.54. The summed E-state index contributed by atoms with van der Waals surface area (Å²) in [7, 11) is 0. The molecule has 0 aliphatic carbocycles. The molecule has 1 aromatic heterocycles. The number of anilines is 1. The van der Waals surface area contributed by atoms with Gasteiger partial charge in [-0.15, -0.1) is 0 Å². The number of nitrogens with one attached hydrogen (secondary N) is 3. The molecule has 1 aliphatic rings. The van der Waals surface area contributed by atoms with Crippen molar-refractivity contribution in [2.24, 2.45) is 0 Å². The highest BCUT2D eigenvalue weighted by atomic mass is 16.5. The van der Waals surface area contributed by atoms with Gasteiger partial charge in [-0.25, -0.2) is 0 Å². The molecule has 0 spiro atoms. The van der Waals surface area contributed by atoms with E-state index in [4.69, 9.17) is 4.74 Å². The molecule has 1 unspecified atom stereocenters. The highest BCUT2D eigenvalue weighted by Crippen LogP contribution is 2.29. The van der Waals surface area contributed by atoms with Gasteiger partial charge in [0.1, 0.15) is 11.8 Å². The first kappa shape index (κ1) is 19.4. The van der Waals surface area contributed by atoms with Crippen LogP contribution in [0.2, 0.25) is 0 Å². The molecule has 0 bridgehead atoms. The van der Waals surface area contributed by atoms with Crippen LogP contribution >= 0.6 is 0 Å². The van der Waals surface area contributed by atoms with E-state index in [0.29, 0.717) is 17.9 Å². The molecule has 2 amide bonds. The predicted molar refractivity (Wildman–Crippen MR) is 113 cm³/mol. The van der Waals surface area contributed by atoms with E-state index in [1.807, 2.05) is 43.3 Å². The van der Waals surface area contributed by atoms with Crippen molar-refractivity contribution in [3.8, 4) is 5.75 Å². The normalized spacial score (nSPS) is 13.1. The zero-order valence-corrected chi connectivity index (χ0v) is 16.4. The lowest BCUT2D eigenvalue weighted by Crippen LogP contribution is -2.37. The molecular weight excluding hydrogens is 382 g/mol. The molecule has 4 rings (SSSR count). The Balaban J connectivity index is 1.62. The van der Waals surface area contributed by atoms with Crippen LogP contribution in [0.1, 0.15) is 33.1 Å². The average molecular weight is 403 g/mol. The zero-order valence-electron chi connectivity index (χ0n) is 16.4. The summed E-state index contributed by atoms with van der Waals surface area (Å²) in [6.45, 7) is 2.56. The minimum atomic E-state index is -0.920. The maximum absolute atomic E-state index is 13.1. The monoisotopic (exact) mass is 403 g/mol. The van der Waals surface area contributed by atoms with Crippen LogP contribution in [-0.4, -0.2) is 23.4 Å². The summed E-state index contributed by atoms with van der Waals surface area (Å²) in [6.07, 6.45) is 2.08. The van der Waals surface area contributed by atoms with Gasteiger partial charge in [-0.05, 0) is 48.4 Å². The molecule has 1 aliphatic heterocycles. The van der Waals surface area contributed by atoms with Crippen LogP contribution in [0.15, 0.2) is 65.6 Å². The summed E-state index contributed by atoms with van der Waals surface area (Å²) in [4.78, 5) is 39.6. The molecule has 7 nitrogen and oxygen atoms in total. The molecule has 0 saturated heterocycles. The Morgan fingerprint density at radius 1 is 1.07 bits per heavy atom. The summed E-state index contributed by atoms with van der Waals surface area (Å²) in [5.41, 5.74) is 3.32. The van der Waals surface area contributed by atoms with E-state index in [2.05, 4.69) is 15.6 Å². The Morgan fingerprint density at radius 3 is 2.60 bits per heavy atom. The van der Waals surface area contributed by atoms with Gasteiger partial charge in [-0.3, -0.25) is 14.4 Å². The fourth-order valence-electron chi connectivity index (χ4n) is 3.30. The highest BCUT2D eigenvalue weighted by molar-refractivity contribution is 6.01. The molecule has 0 saturated carbocycles. The molecule has 3 N–H and O–H groups in total. The molecule has 3 aromatic rings. The third-order valence-corrected chi connectivity index (χ3v) is 4.95. The number of rotatable bonds is 5. The van der Waals surface area contributed by atoms with Crippen LogP contribution in [0.3, 0.4) is 0 Å². The van der Waals surface area contributed by atoms with E-state index >= 15 is 0 Å². The first-order valence-corrected chi connectivity index (χ1v) is 9.62. The van der Waals surface area contributed by atoms with Gasteiger partial charge < -0.3 is 20.4 Å². The zero-order chi connectivity index (χ0) is 21.1. The van der Waals surface area contributed by atoms with Crippen molar-refractivity contribution < 1.29 is 14.3 Å². The molecule has 30 heavy (non-hydrogen) atoms. The van der Waals surface area contributed by atoms with Crippen LogP contribution in [0.5, 0.6) is 5.75 Å². The van der Waals surface area contributed by atoms with Gasteiger partial charge in [0.25, 0.3) is 11.8 Å². The van der Waals surface area contributed by atoms with Crippen molar-refractivity contribution in [2.45, 2.75) is 19.4 Å². The second-order valence-corrected chi connectivity index (χ2v) is 7.17. The van der Waals surface area contributed by atoms with Crippen LogP contribution in [0.25, 0.3) is 0 Å². The minimum absolute atomic E-state index is 0.257. The molecule has 0 fully saturated rings. The number of aromatic nitrogens is 1. The molecule has 7 heteroatoms. The van der Waals surface area contributed by atoms with E-state index in [9.17, 15) is 14.4 Å². The maximum atomic E-state index is 13.1. The number of aryl methyl sites for hydroxylation is 1. The van der Waals surface area contributed by atoms with E-state index in [1.165, 1.54) is 18.3 Å². The number of benzene rings is 2. The van der Waals surface area contributed by atoms with Crippen molar-refractivity contribution in [3.63, 3.8) is 0 Å². The Labute approximate surface area is 173 Å². The lowest BCUT2D eigenvalue weighted by Gasteiger charge is -2.20. The second-order valence-electron chi connectivity index (χ2n) is 7.17. The largest absolute Gasteiger partial charge is 0.493 e. The Hall–Kier alpha value is -3.87. The molecule has 1 atom stereocenters. The number of fused-ring (bicyclic) bond motifs is 1. The van der Waals surface area contributed by atoms with E-state index in [0.717, 1.165) is 23.3 Å². The van der Waals surface area contributed by atoms with Crippen LogP contribution < -0.4 is 20.9 Å². The summed E-state index contributed by atoms with van der Waals surface area (Å²) in [6, 6.07) is 14.7. The fourth-order valence-corrected chi connectivity index (χ4v) is 3.30. The van der Waals surface area contributed by atoms with Crippen molar-refractivity contribution in [1.82, 2.24) is 10.3 Å². The topological polar surface area (TPSA) is 100 Å². The fraction of sp³-hybridized carbons (Fsp3) is 0.174. The number of ether oxygens (including phenoxy) is 1. The SMILES string of the molecule is Cc1ccc(NC(=O)C(NC(=O)c2ccc(=O)[nH]c2)c2ccc3c(c2)CCO3)cc1. The summed E-state index contributed by atoms with van der Waals surface area (Å²) >= 11 is 0. The smallest absolute Gasteiger partial charge is 0.253 e. The Kier molecular flexibility index (Phi) is 5.34. The van der Waals surface area contributed by atoms with Crippen molar-refractivity contribution in [1.29, 1.82) is 0 Å². The average Bonchev–Trinajstić information content (AvgIpc) is 3.22. The number of aromatic amines is 1. The van der Waals surface area contributed by atoms with Crippen LogP contribution in [0.4, 0.5) is 5.69 Å². The van der Waals surface area contributed by atoms with Gasteiger partial charge in [0, 0.05) is 24.4 Å². The molecule has 152 valence electrons. The van der Waals surface area contributed by atoms with Gasteiger partial charge in [0.05, 0.1) is 12.2 Å². The number of carbonyl (C=O) groups is 2. The third-order valence-electron chi connectivity index (χ3n) is 4.95. The highest BCUT2D eigenvalue weighted by Gasteiger charge is 2.25. The van der Waals surface area contributed by atoms with Gasteiger partial charge in [0.15, 0.2) is 0 Å². The first-order chi connectivity index (χ1) is 14.5. The van der Waals surface area contributed by atoms with Crippen molar-refractivity contribution in [3.05, 3.63) is 93.4 Å². The Bertz CT molecular complexity index is 1130.